The van der Waals surface area contributed by atoms with Crippen molar-refractivity contribution < 1.29 is 19.4 Å². The van der Waals surface area contributed by atoms with Crippen LogP contribution in [0.2, 0.25) is 5.02 Å². The Bertz CT molecular complexity index is 1330. The van der Waals surface area contributed by atoms with Crippen molar-refractivity contribution in [3.63, 3.8) is 0 Å². The van der Waals surface area contributed by atoms with E-state index in [9.17, 15) is 19.5 Å². The first-order valence-corrected chi connectivity index (χ1v) is 10.1. The van der Waals surface area contributed by atoms with Crippen LogP contribution in [0.5, 0.6) is 17.2 Å². The Kier molecular flexibility index (Phi) is 5.17. The maximum absolute atomic E-state index is 12.4. The van der Waals surface area contributed by atoms with Gasteiger partial charge in [0.25, 0.3) is 5.91 Å². The maximum Gasteiger partial charge on any atom is 0.326 e. The highest BCUT2D eigenvalue weighted by Crippen LogP contribution is 2.44. The Hall–Kier alpha value is -3.79. The maximum atomic E-state index is 12.4. The van der Waals surface area contributed by atoms with Gasteiger partial charge < -0.3 is 25.9 Å². The number of nitrogens with zero attached hydrogens (tertiary/aromatic N) is 2. The van der Waals surface area contributed by atoms with Crippen LogP contribution < -0.4 is 21.5 Å². The Balaban J connectivity index is 1.61. The molecular weight excluding hydrogens is 438 g/mol. The number of rotatable bonds is 4. The van der Waals surface area contributed by atoms with E-state index in [4.69, 9.17) is 22.1 Å². The number of benzene rings is 2. The highest BCUT2D eigenvalue weighted by atomic mass is 35.5. The van der Waals surface area contributed by atoms with Gasteiger partial charge in [0.15, 0.2) is 17.3 Å². The third kappa shape index (κ3) is 4.04. The fourth-order valence-electron chi connectivity index (χ4n) is 3.37. The van der Waals surface area contributed by atoms with Crippen molar-refractivity contribution in [2.75, 3.05) is 5.32 Å². The average Bonchev–Trinajstić information content (AvgIpc) is 3.34. The van der Waals surface area contributed by atoms with Crippen LogP contribution in [0.4, 0.5) is 5.69 Å². The number of anilines is 1. The summed E-state index contributed by atoms with van der Waals surface area (Å²) in [6.07, 6.45) is 1.82. The number of nitrogens with one attached hydrogen (secondary N) is 2. The molecule has 1 aliphatic rings. The first kappa shape index (κ1) is 21.4. The van der Waals surface area contributed by atoms with Crippen molar-refractivity contribution in [2.24, 2.45) is 10.7 Å². The second-order valence-electron chi connectivity index (χ2n) is 7.82. The molecule has 4 rings (SSSR count). The second-order valence-corrected chi connectivity index (χ2v) is 8.23. The van der Waals surface area contributed by atoms with E-state index >= 15 is 0 Å². The Morgan fingerprint density at radius 3 is 2.66 bits per heavy atom. The second kappa shape index (κ2) is 7.72. The van der Waals surface area contributed by atoms with E-state index in [1.54, 1.807) is 22.8 Å². The van der Waals surface area contributed by atoms with Gasteiger partial charge in [0.1, 0.15) is 5.75 Å². The summed E-state index contributed by atoms with van der Waals surface area (Å²) >= 11 is 6.25. The molecule has 11 heteroatoms. The summed E-state index contributed by atoms with van der Waals surface area (Å²) in [4.78, 5) is 41.5. The van der Waals surface area contributed by atoms with Gasteiger partial charge in [0, 0.05) is 30.3 Å². The minimum Gasteiger partial charge on any atom is -0.504 e. The molecule has 2 aromatic carbocycles. The number of H-pyrrole nitrogens is 1. The average molecular weight is 458 g/mol. The molecule has 0 saturated heterocycles. The van der Waals surface area contributed by atoms with Crippen LogP contribution in [0.25, 0.3) is 11.0 Å². The molecule has 5 N–H and O–H groups in total. The minimum atomic E-state index is -0.825. The number of amides is 2. The van der Waals surface area contributed by atoms with Crippen LogP contribution in [0, 0.1) is 0 Å². The number of fused-ring (bicyclic) bond motifs is 1. The molecule has 0 spiro atoms. The van der Waals surface area contributed by atoms with Gasteiger partial charge in [0.05, 0.1) is 16.1 Å². The predicted molar refractivity (Wildman–Crippen MR) is 120 cm³/mol. The van der Waals surface area contributed by atoms with Crippen molar-refractivity contribution in [1.82, 2.24) is 9.55 Å². The number of aromatic amines is 1. The molecule has 0 radical (unpaired) electrons. The zero-order chi connectivity index (χ0) is 23.2. The molecule has 1 aliphatic carbocycles. The van der Waals surface area contributed by atoms with Crippen molar-refractivity contribution in [2.45, 2.75) is 32.2 Å². The fraction of sp³-hybridized carbons (Fsp3) is 0.238. The first-order valence-electron chi connectivity index (χ1n) is 9.69. The molecule has 0 unspecified atom stereocenters. The van der Waals surface area contributed by atoms with E-state index in [-0.39, 0.29) is 33.4 Å². The Morgan fingerprint density at radius 1 is 1.31 bits per heavy atom. The van der Waals surface area contributed by atoms with E-state index in [0.29, 0.717) is 16.8 Å². The van der Waals surface area contributed by atoms with Gasteiger partial charge in [-0.1, -0.05) is 11.6 Å². The molecule has 0 atom stereocenters. The molecule has 3 aromatic rings. The summed E-state index contributed by atoms with van der Waals surface area (Å²) in [7, 11) is 0. The number of halogens is 1. The van der Waals surface area contributed by atoms with Crippen molar-refractivity contribution in [3.8, 4) is 17.2 Å². The van der Waals surface area contributed by atoms with Crippen LogP contribution in [0.3, 0.4) is 0 Å². The molecular formula is C21H20ClN5O5. The lowest BCUT2D eigenvalue weighted by atomic mass is 10.2. The SMILES string of the molecule is CC(=O)N=C(N)C(=O)Nc1cc(O)c(Oc2ccc3[nH]c(=O)n(C4(C)CC4)c3c2)c(Cl)c1. The van der Waals surface area contributed by atoms with Crippen molar-refractivity contribution in [3.05, 3.63) is 45.8 Å². The number of amidine groups is 1. The molecule has 1 fully saturated rings. The molecule has 1 heterocycles. The molecule has 0 bridgehead atoms. The van der Waals surface area contributed by atoms with E-state index in [0.717, 1.165) is 19.8 Å². The first-order chi connectivity index (χ1) is 15.1. The number of imidazole rings is 1. The third-order valence-corrected chi connectivity index (χ3v) is 5.46. The van der Waals surface area contributed by atoms with Crippen LogP contribution in [0.15, 0.2) is 40.1 Å². The van der Waals surface area contributed by atoms with Crippen LogP contribution in [-0.2, 0) is 15.1 Å². The standard InChI is InChI=1S/C21H20ClN5O5/c1-10(28)24-18(23)19(30)25-11-7-13(22)17(16(29)8-11)32-12-3-4-14-15(9-12)27(20(31)26-14)21(2)5-6-21/h3-4,7-9,29H,5-6H2,1-2H3,(H,25,30)(H,26,31)(H2,23,24,28). The summed E-state index contributed by atoms with van der Waals surface area (Å²) in [6, 6.07) is 7.62. The highest BCUT2D eigenvalue weighted by molar-refractivity contribution is 6.43. The number of hydrogen-bond donors (Lipinski definition) is 4. The van der Waals surface area contributed by atoms with Gasteiger partial charge in [-0.05, 0) is 38.0 Å². The number of ether oxygens (including phenoxy) is 1. The van der Waals surface area contributed by atoms with Gasteiger partial charge in [-0.3, -0.25) is 14.2 Å². The van der Waals surface area contributed by atoms with Gasteiger partial charge in [-0.15, -0.1) is 0 Å². The lowest BCUT2D eigenvalue weighted by molar-refractivity contribution is -0.116. The van der Waals surface area contributed by atoms with Crippen LogP contribution >= 0.6 is 11.6 Å². The van der Waals surface area contributed by atoms with Gasteiger partial charge >= 0.3 is 5.69 Å². The molecule has 10 nitrogen and oxygen atoms in total. The van der Waals surface area contributed by atoms with Gasteiger partial charge in [-0.25, -0.2) is 4.79 Å². The normalized spacial score (nSPS) is 14.9. The number of phenolic OH excluding ortho intramolecular Hbond substituents is 1. The quantitative estimate of drug-likeness (QED) is 0.349. The van der Waals surface area contributed by atoms with E-state index in [2.05, 4.69) is 15.3 Å². The van der Waals surface area contributed by atoms with Crippen molar-refractivity contribution >= 4 is 46.0 Å². The topological polar surface area (TPSA) is 152 Å². The number of nitrogens with two attached hydrogens (primary N) is 1. The van der Waals surface area contributed by atoms with Crippen LogP contribution in [0.1, 0.15) is 26.7 Å². The fourth-order valence-corrected chi connectivity index (χ4v) is 3.63. The van der Waals surface area contributed by atoms with E-state index in [1.807, 2.05) is 6.92 Å². The molecule has 32 heavy (non-hydrogen) atoms. The number of carbonyl (C=O) groups is 2. The number of hydrogen-bond acceptors (Lipinski definition) is 5. The molecule has 1 aromatic heterocycles. The lowest BCUT2D eigenvalue weighted by Crippen LogP contribution is -2.30. The largest absolute Gasteiger partial charge is 0.504 e. The number of aliphatic imine (C=N–C) groups is 1. The monoisotopic (exact) mass is 457 g/mol. The molecule has 2 amide bonds. The molecule has 166 valence electrons. The smallest absolute Gasteiger partial charge is 0.326 e. The molecule has 1 saturated carbocycles. The van der Waals surface area contributed by atoms with Crippen LogP contribution in [-0.4, -0.2) is 32.3 Å². The Morgan fingerprint density at radius 2 is 2.03 bits per heavy atom. The number of carbonyl (C=O) groups excluding carboxylic acids is 2. The highest BCUT2D eigenvalue weighted by Gasteiger charge is 2.41. The van der Waals surface area contributed by atoms with E-state index < -0.39 is 17.6 Å². The number of phenols is 1. The summed E-state index contributed by atoms with van der Waals surface area (Å²) in [6.45, 7) is 3.17. The predicted octanol–water partition coefficient (Wildman–Crippen LogP) is 2.83. The van der Waals surface area contributed by atoms with Gasteiger partial charge in [-0.2, -0.15) is 4.99 Å². The number of aromatic hydroxyl groups is 1. The summed E-state index contributed by atoms with van der Waals surface area (Å²) < 4.78 is 7.50. The Labute approximate surface area is 186 Å². The summed E-state index contributed by atoms with van der Waals surface area (Å²) in [5, 5.41) is 12.8. The van der Waals surface area contributed by atoms with Crippen molar-refractivity contribution in [1.29, 1.82) is 0 Å². The summed E-state index contributed by atoms with van der Waals surface area (Å²) in [5.74, 6) is -1.98. The summed E-state index contributed by atoms with van der Waals surface area (Å²) in [5.41, 5.74) is 6.52. The zero-order valence-corrected chi connectivity index (χ0v) is 18.0. The molecule has 0 aliphatic heterocycles. The van der Waals surface area contributed by atoms with Gasteiger partial charge in [0.2, 0.25) is 5.91 Å². The number of aromatic nitrogens is 2. The lowest BCUT2D eigenvalue weighted by Gasteiger charge is -2.14. The minimum absolute atomic E-state index is 0.0167. The zero-order valence-electron chi connectivity index (χ0n) is 17.2. The van der Waals surface area contributed by atoms with E-state index in [1.165, 1.54) is 12.1 Å². The third-order valence-electron chi connectivity index (χ3n) is 5.18.